The van der Waals surface area contributed by atoms with Crippen LogP contribution < -0.4 is 0 Å². The molecule has 0 bridgehead atoms. The largest absolute Gasteiger partial charge is 0.465 e. The van der Waals surface area contributed by atoms with E-state index in [2.05, 4.69) is 31.9 Å². The molecule has 1 heterocycles. The van der Waals surface area contributed by atoms with Gasteiger partial charge in [0, 0.05) is 18.0 Å². The van der Waals surface area contributed by atoms with Gasteiger partial charge in [0.25, 0.3) is 0 Å². The Bertz CT molecular complexity index is 614. The van der Waals surface area contributed by atoms with Gasteiger partial charge in [-0.1, -0.05) is 12.1 Å². The minimum absolute atomic E-state index is 0.357. The summed E-state index contributed by atoms with van der Waals surface area (Å²) in [5, 5.41) is 0. The number of nitrogens with zero attached hydrogens (tertiary/aromatic N) is 1. The predicted octanol–water partition coefficient (Wildman–Crippen LogP) is 4.35. The molecule has 0 fully saturated rings. The number of esters is 1. The maximum atomic E-state index is 11.9. The molecular formula is C14H11Br2NO2. The molecule has 0 atom stereocenters. The lowest BCUT2D eigenvalue weighted by Gasteiger charge is -2.12. The van der Waals surface area contributed by atoms with E-state index < -0.39 is 0 Å². The molecule has 5 heteroatoms. The Hall–Kier alpha value is -1.33. The third-order valence-electron chi connectivity index (χ3n) is 2.60. The maximum Gasteiger partial charge on any atom is 0.340 e. The monoisotopic (exact) mass is 383 g/mol. The van der Waals surface area contributed by atoms with Crippen molar-refractivity contribution in [1.29, 1.82) is 0 Å². The van der Waals surface area contributed by atoms with E-state index in [1.165, 1.54) is 7.11 Å². The Labute approximate surface area is 128 Å². The summed E-state index contributed by atoms with van der Waals surface area (Å²) >= 11 is 6.68. The van der Waals surface area contributed by atoms with Crippen molar-refractivity contribution in [3.8, 4) is 5.69 Å². The molecular weight excluding hydrogens is 374 g/mol. The third-order valence-corrected chi connectivity index (χ3v) is 3.06. The van der Waals surface area contributed by atoms with E-state index in [1.54, 1.807) is 6.07 Å². The highest BCUT2D eigenvalue weighted by atomic mass is 79.9. The summed E-state index contributed by atoms with van der Waals surface area (Å²) in [7, 11) is 1.38. The van der Waals surface area contributed by atoms with Crippen LogP contribution >= 0.6 is 31.9 Å². The van der Waals surface area contributed by atoms with Crippen LogP contribution in [0.2, 0.25) is 0 Å². The van der Waals surface area contributed by atoms with Crippen LogP contribution in [-0.4, -0.2) is 17.6 Å². The summed E-state index contributed by atoms with van der Waals surface area (Å²) in [6.45, 7) is 0. The molecule has 0 unspecified atom stereocenters. The number of ether oxygens (including phenoxy) is 1. The van der Waals surface area contributed by atoms with Crippen LogP contribution in [0.25, 0.3) is 11.8 Å². The summed E-state index contributed by atoms with van der Waals surface area (Å²) in [5.41, 5.74) is 2.22. The molecule has 0 spiro atoms. The molecule has 0 radical (unpaired) electrons. The second kappa shape index (κ2) is 6.21. The second-order valence-corrected chi connectivity index (χ2v) is 6.53. The average Bonchev–Trinajstić information content (AvgIpc) is 2.90. The van der Waals surface area contributed by atoms with Crippen LogP contribution in [0.5, 0.6) is 0 Å². The Balaban J connectivity index is 2.69. The van der Waals surface area contributed by atoms with Crippen LogP contribution in [0.3, 0.4) is 0 Å². The molecule has 2 rings (SSSR count). The van der Waals surface area contributed by atoms with E-state index in [0.29, 0.717) is 5.56 Å². The van der Waals surface area contributed by atoms with Crippen molar-refractivity contribution in [2.75, 3.05) is 7.11 Å². The highest BCUT2D eigenvalue weighted by Gasteiger charge is 2.15. The normalized spacial score (nSPS) is 10.1. The van der Waals surface area contributed by atoms with Gasteiger partial charge in [-0.05, 0) is 56.1 Å². The van der Waals surface area contributed by atoms with Gasteiger partial charge in [-0.15, -0.1) is 0 Å². The molecule has 1 aromatic heterocycles. The van der Waals surface area contributed by atoms with Crippen molar-refractivity contribution in [2.45, 2.75) is 0 Å². The van der Waals surface area contributed by atoms with Crippen molar-refractivity contribution < 1.29 is 9.53 Å². The first-order valence-corrected chi connectivity index (χ1v) is 7.09. The highest BCUT2D eigenvalue weighted by molar-refractivity contribution is 9.28. The van der Waals surface area contributed by atoms with Crippen LogP contribution in [0, 0.1) is 0 Å². The molecule has 0 aliphatic carbocycles. The number of carbonyl (C=O) groups is 1. The van der Waals surface area contributed by atoms with Gasteiger partial charge in [-0.3, -0.25) is 0 Å². The minimum Gasteiger partial charge on any atom is -0.465 e. The third kappa shape index (κ3) is 3.16. The SMILES string of the molecule is COC(=O)c1cccc(C=C(Br)Br)c1-n1cccc1. The molecule has 2 aromatic rings. The first kappa shape index (κ1) is 14.1. The molecule has 3 nitrogen and oxygen atoms in total. The van der Waals surface area contributed by atoms with Crippen LogP contribution in [-0.2, 0) is 4.74 Å². The van der Waals surface area contributed by atoms with E-state index in [9.17, 15) is 4.79 Å². The zero-order valence-corrected chi connectivity index (χ0v) is 13.3. The summed E-state index contributed by atoms with van der Waals surface area (Å²) in [6.07, 6.45) is 5.67. The number of methoxy groups -OCH3 is 1. The molecule has 1 aromatic carbocycles. The molecule has 0 aliphatic heterocycles. The molecule has 0 aliphatic rings. The van der Waals surface area contributed by atoms with Gasteiger partial charge in [0.05, 0.1) is 21.8 Å². The van der Waals surface area contributed by atoms with E-state index in [0.717, 1.165) is 14.6 Å². The van der Waals surface area contributed by atoms with Crippen molar-refractivity contribution in [3.63, 3.8) is 0 Å². The Morgan fingerprint density at radius 1 is 1.21 bits per heavy atom. The summed E-state index contributed by atoms with van der Waals surface area (Å²) in [5.74, 6) is -0.357. The van der Waals surface area contributed by atoms with E-state index >= 15 is 0 Å². The summed E-state index contributed by atoms with van der Waals surface area (Å²) < 4.78 is 7.53. The van der Waals surface area contributed by atoms with Crippen molar-refractivity contribution in [1.82, 2.24) is 4.57 Å². The fourth-order valence-electron chi connectivity index (χ4n) is 1.84. The van der Waals surface area contributed by atoms with Crippen LogP contribution in [0.1, 0.15) is 15.9 Å². The van der Waals surface area contributed by atoms with Crippen molar-refractivity contribution >= 4 is 43.9 Å². The molecule has 0 saturated carbocycles. The number of para-hydroxylation sites is 1. The lowest BCUT2D eigenvalue weighted by Crippen LogP contribution is -2.08. The maximum absolute atomic E-state index is 11.9. The van der Waals surface area contributed by atoms with Crippen LogP contribution in [0.4, 0.5) is 0 Å². The Morgan fingerprint density at radius 3 is 2.47 bits per heavy atom. The number of benzene rings is 1. The second-order valence-electron chi connectivity index (χ2n) is 3.76. The standard InChI is InChI=1S/C14H11Br2NO2/c1-19-14(18)11-6-4-5-10(9-12(15)16)13(11)17-7-2-3-8-17/h2-9H,1H3. The van der Waals surface area contributed by atoms with Crippen molar-refractivity contribution in [2.24, 2.45) is 0 Å². The fourth-order valence-corrected chi connectivity index (χ4v) is 2.34. The van der Waals surface area contributed by atoms with E-state index in [-0.39, 0.29) is 5.97 Å². The summed E-state index contributed by atoms with van der Waals surface area (Å²) in [6, 6.07) is 9.33. The number of hydrogen-bond acceptors (Lipinski definition) is 2. The zero-order valence-electron chi connectivity index (χ0n) is 10.1. The molecule has 0 N–H and O–H groups in total. The molecule has 19 heavy (non-hydrogen) atoms. The van der Waals surface area contributed by atoms with Crippen LogP contribution in [0.15, 0.2) is 46.1 Å². The van der Waals surface area contributed by atoms with Gasteiger partial charge in [0.1, 0.15) is 0 Å². The van der Waals surface area contributed by atoms with Gasteiger partial charge in [-0.25, -0.2) is 4.79 Å². The molecule has 98 valence electrons. The molecule has 0 saturated heterocycles. The topological polar surface area (TPSA) is 31.2 Å². The van der Waals surface area contributed by atoms with Gasteiger partial charge < -0.3 is 9.30 Å². The zero-order chi connectivity index (χ0) is 13.8. The number of rotatable bonds is 3. The van der Waals surface area contributed by atoms with Gasteiger partial charge >= 0.3 is 5.97 Å². The quantitative estimate of drug-likeness (QED) is 0.736. The first-order chi connectivity index (χ1) is 9.13. The minimum atomic E-state index is -0.357. The number of hydrogen-bond donors (Lipinski definition) is 0. The van der Waals surface area contributed by atoms with Gasteiger partial charge in [0.15, 0.2) is 0 Å². The first-order valence-electron chi connectivity index (χ1n) is 5.51. The van der Waals surface area contributed by atoms with E-state index in [1.807, 2.05) is 47.3 Å². The Kier molecular flexibility index (Phi) is 4.61. The van der Waals surface area contributed by atoms with E-state index in [4.69, 9.17) is 4.74 Å². The lowest BCUT2D eigenvalue weighted by atomic mass is 10.1. The average molecular weight is 385 g/mol. The van der Waals surface area contributed by atoms with Crippen molar-refractivity contribution in [3.05, 3.63) is 57.2 Å². The fraction of sp³-hybridized carbons (Fsp3) is 0.0714. The smallest absolute Gasteiger partial charge is 0.340 e. The van der Waals surface area contributed by atoms with Gasteiger partial charge in [-0.2, -0.15) is 0 Å². The lowest BCUT2D eigenvalue weighted by molar-refractivity contribution is 0.0600. The predicted molar refractivity (Wildman–Crippen MR) is 82.9 cm³/mol. The summed E-state index contributed by atoms with van der Waals surface area (Å²) in [4.78, 5) is 11.9. The highest BCUT2D eigenvalue weighted by Crippen LogP contribution is 2.26. The van der Waals surface area contributed by atoms with Gasteiger partial charge in [0.2, 0.25) is 0 Å². The number of carbonyl (C=O) groups excluding carboxylic acids is 1. The Morgan fingerprint density at radius 2 is 1.89 bits per heavy atom. The number of aromatic nitrogens is 1. The molecule has 0 amide bonds. The number of halogens is 2.